The summed E-state index contributed by atoms with van der Waals surface area (Å²) in [5.41, 5.74) is 6.99. The van der Waals surface area contributed by atoms with Crippen molar-refractivity contribution in [2.24, 2.45) is 0 Å². The van der Waals surface area contributed by atoms with E-state index in [1.807, 2.05) is 55.5 Å². The molecule has 5 nitrogen and oxygen atoms in total. The first-order chi connectivity index (χ1) is 16.4. The Bertz CT molecular complexity index is 1400. The van der Waals surface area contributed by atoms with Crippen LogP contribution in [0.15, 0.2) is 66.9 Å². The largest absolute Gasteiger partial charge is 0.507 e. The summed E-state index contributed by atoms with van der Waals surface area (Å²) >= 11 is 0. The minimum absolute atomic E-state index is 0.200. The standard InChI is InChI=1S/C29H27N3O2/c1-18-13-22(7-8-23(18)14-30)25-5-4-6-26-28(25)31-15-27(29(26)33)21-9-11-24(12-10-21)32-16-19(2)34-20(3)17-32/h4-13,15,19-20H,16-17H2,1-3H3,(H,31,33). The Balaban J connectivity index is 1.50. The van der Waals surface area contributed by atoms with Crippen LogP contribution in [0.4, 0.5) is 5.69 Å². The minimum Gasteiger partial charge on any atom is -0.507 e. The fraction of sp³-hybridized carbons (Fsp3) is 0.241. The lowest BCUT2D eigenvalue weighted by molar-refractivity contribution is -0.00521. The highest BCUT2D eigenvalue weighted by molar-refractivity contribution is 6.00. The quantitative estimate of drug-likeness (QED) is 0.411. The molecule has 2 unspecified atom stereocenters. The molecular formula is C29H27N3O2. The number of hydrogen-bond acceptors (Lipinski definition) is 5. The molecule has 2 heterocycles. The molecule has 5 rings (SSSR count). The second kappa shape index (κ2) is 8.81. The van der Waals surface area contributed by atoms with E-state index in [-0.39, 0.29) is 18.0 Å². The van der Waals surface area contributed by atoms with E-state index in [0.29, 0.717) is 16.5 Å². The van der Waals surface area contributed by atoms with Gasteiger partial charge in [0.25, 0.3) is 0 Å². The number of anilines is 1. The lowest BCUT2D eigenvalue weighted by Gasteiger charge is -2.36. The normalized spacial score (nSPS) is 18.1. The number of hydrogen-bond donors (Lipinski definition) is 1. The van der Waals surface area contributed by atoms with Gasteiger partial charge in [-0.05, 0) is 61.7 Å². The molecule has 34 heavy (non-hydrogen) atoms. The monoisotopic (exact) mass is 449 g/mol. The maximum absolute atomic E-state index is 11.2. The summed E-state index contributed by atoms with van der Waals surface area (Å²) < 4.78 is 5.85. The van der Waals surface area contributed by atoms with Crippen LogP contribution in [0, 0.1) is 18.3 Å². The summed E-state index contributed by atoms with van der Waals surface area (Å²) in [7, 11) is 0. The zero-order valence-electron chi connectivity index (χ0n) is 19.6. The van der Waals surface area contributed by atoms with Crippen LogP contribution < -0.4 is 4.90 Å². The molecule has 3 aromatic carbocycles. The number of pyridine rings is 1. The van der Waals surface area contributed by atoms with E-state index in [9.17, 15) is 10.4 Å². The van der Waals surface area contributed by atoms with E-state index in [4.69, 9.17) is 9.72 Å². The number of rotatable bonds is 3. The molecule has 2 atom stereocenters. The molecule has 5 heteroatoms. The summed E-state index contributed by atoms with van der Waals surface area (Å²) in [4.78, 5) is 7.09. The van der Waals surface area contributed by atoms with Gasteiger partial charge in [0.15, 0.2) is 0 Å². The predicted octanol–water partition coefficient (Wildman–Crippen LogP) is 6.07. The van der Waals surface area contributed by atoms with Gasteiger partial charge in [0.05, 0.1) is 29.4 Å². The van der Waals surface area contributed by atoms with Crippen molar-refractivity contribution in [3.05, 3.63) is 78.0 Å². The molecule has 0 radical (unpaired) electrons. The molecule has 1 fully saturated rings. The van der Waals surface area contributed by atoms with Crippen molar-refractivity contribution in [2.75, 3.05) is 18.0 Å². The van der Waals surface area contributed by atoms with Gasteiger partial charge in [0.1, 0.15) is 5.75 Å². The molecule has 1 saturated heterocycles. The third-order valence-corrected chi connectivity index (χ3v) is 6.49. The molecule has 1 aromatic heterocycles. The molecule has 0 amide bonds. The molecule has 0 spiro atoms. The number of benzene rings is 3. The van der Waals surface area contributed by atoms with Crippen LogP contribution in [0.2, 0.25) is 0 Å². The molecule has 170 valence electrons. The first-order valence-corrected chi connectivity index (χ1v) is 11.6. The third kappa shape index (κ3) is 3.98. The van der Waals surface area contributed by atoms with E-state index < -0.39 is 0 Å². The maximum atomic E-state index is 11.2. The van der Waals surface area contributed by atoms with Gasteiger partial charge in [-0.2, -0.15) is 5.26 Å². The molecule has 0 aliphatic carbocycles. The number of morpholine rings is 1. The Hall–Kier alpha value is -3.88. The van der Waals surface area contributed by atoms with Crippen LogP contribution in [0.1, 0.15) is 25.0 Å². The van der Waals surface area contributed by atoms with Crippen LogP contribution in [-0.2, 0) is 4.74 Å². The summed E-state index contributed by atoms with van der Waals surface area (Å²) in [5.74, 6) is 0.221. The van der Waals surface area contributed by atoms with Crippen molar-refractivity contribution < 1.29 is 9.84 Å². The van der Waals surface area contributed by atoms with E-state index in [2.05, 4.69) is 36.9 Å². The highest BCUT2D eigenvalue weighted by Gasteiger charge is 2.22. The highest BCUT2D eigenvalue weighted by Crippen LogP contribution is 2.39. The van der Waals surface area contributed by atoms with E-state index in [1.54, 1.807) is 6.20 Å². The van der Waals surface area contributed by atoms with Gasteiger partial charge in [0.2, 0.25) is 0 Å². The van der Waals surface area contributed by atoms with Crippen LogP contribution >= 0.6 is 0 Å². The highest BCUT2D eigenvalue weighted by atomic mass is 16.5. The van der Waals surface area contributed by atoms with Crippen molar-refractivity contribution in [3.63, 3.8) is 0 Å². The number of ether oxygens (including phenoxy) is 1. The zero-order chi connectivity index (χ0) is 23.8. The molecule has 1 N–H and O–H groups in total. The minimum atomic E-state index is 0.200. The Morgan fingerprint density at radius 3 is 2.35 bits per heavy atom. The average Bonchev–Trinajstić information content (AvgIpc) is 2.83. The smallest absolute Gasteiger partial charge is 0.134 e. The second-order valence-corrected chi connectivity index (χ2v) is 9.07. The van der Waals surface area contributed by atoms with Crippen molar-refractivity contribution in [3.8, 4) is 34.1 Å². The summed E-state index contributed by atoms with van der Waals surface area (Å²) in [5, 5.41) is 21.1. The van der Waals surface area contributed by atoms with Crippen molar-refractivity contribution in [2.45, 2.75) is 33.0 Å². The Morgan fingerprint density at radius 1 is 0.971 bits per heavy atom. The van der Waals surface area contributed by atoms with E-state index in [0.717, 1.165) is 46.5 Å². The number of aryl methyl sites for hydroxylation is 1. The topological polar surface area (TPSA) is 69.4 Å². The van der Waals surface area contributed by atoms with Gasteiger partial charge < -0.3 is 14.7 Å². The summed E-state index contributed by atoms with van der Waals surface area (Å²) in [6, 6.07) is 22.1. The van der Waals surface area contributed by atoms with Crippen molar-refractivity contribution in [1.29, 1.82) is 5.26 Å². The molecule has 0 bridgehead atoms. The van der Waals surface area contributed by atoms with Gasteiger partial charge in [-0.3, -0.25) is 4.98 Å². The fourth-order valence-electron chi connectivity index (χ4n) is 4.85. The number of nitrogens with zero attached hydrogens (tertiary/aromatic N) is 3. The molecule has 4 aromatic rings. The van der Waals surface area contributed by atoms with Crippen LogP contribution in [-0.4, -0.2) is 35.4 Å². The molecular weight excluding hydrogens is 422 g/mol. The number of nitriles is 1. The maximum Gasteiger partial charge on any atom is 0.134 e. The lowest BCUT2D eigenvalue weighted by atomic mass is 9.96. The molecule has 1 aliphatic heterocycles. The molecule has 0 saturated carbocycles. The predicted molar refractivity (Wildman–Crippen MR) is 136 cm³/mol. The summed E-state index contributed by atoms with van der Waals surface area (Å²) in [6.45, 7) is 7.86. The average molecular weight is 450 g/mol. The number of fused-ring (bicyclic) bond motifs is 1. The van der Waals surface area contributed by atoms with Crippen LogP contribution in [0.25, 0.3) is 33.2 Å². The number of para-hydroxylation sites is 1. The first-order valence-electron chi connectivity index (χ1n) is 11.6. The van der Waals surface area contributed by atoms with Gasteiger partial charge in [0, 0.05) is 41.5 Å². The van der Waals surface area contributed by atoms with E-state index >= 15 is 0 Å². The van der Waals surface area contributed by atoms with Gasteiger partial charge in [-0.1, -0.05) is 36.4 Å². The number of aromatic hydroxyl groups is 1. The van der Waals surface area contributed by atoms with Gasteiger partial charge >= 0.3 is 0 Å². The molecule has 1 aliphatic rings. The lowest BCUT2D eigenvalue weighted by Crippen LogP contribution is -2.45. The number of aromatic nitrogens is 1. The van der Waals surface area contributed by atoms with Gasteiger partial charge in [-0.15, -0.1) is 0 Å². The van der Waals surface area contributed by atoms with E-state index in [1.165, 1.54) is 0 Å². The van der Waals surface area contributed by atoms with Crippen LogP contribution in [0.5, 0.6) is 5.75 Å². The second-order valence-electron chi connectivity index (χ2n) is 9.07. The van der Waals surface area contributed by atoms with Gasteiger partial charge in [-0.25, -0.2) is 0 Å². The zero-order valence-corrected chi connectivity index (χ0v) is 19.6. The Morgan fingerprint density at radius 2 is 1.68 bits per heavy atom. The first kappa shape index (κ1) is 21.9. The van der Waals surface area contributed by atoms with Crippen molar-refractivity contribution >= 4 is 16.6 Å². The Kier molecular flexibility index (Phi) is 5.69. The Labute approximate surface area is 199 Å². The SMILES string of the molecule is Cc1cc(-c2cccc3c(O)c(-c4ccc(N5CC(C)OC(C)C5)cc4)cnc23)ccc1C#N. The fourth-order valence-corrected chi connectivity index (χ4v) is 4.85. The van der Waals surface area contributed by atoms with Crippen LogP contribution in [0.3, 0.4) is 0 Å². The third-order valence-electron chi connectivity index (χ3n) is 6.49. The van der Waals surface area contributed by atoms with Crippen molar-refractivity contribution in [1.82, 2.24) is 4.98 Å². The summed E-state index contributed by atoms with van der Waals surface area (Å²) in [6.07, 6.45) is 2.14.